The lowest BCUT2D eigenvalue weighted by Crippen LogP contribution is -2.52. The van der Waals surface area contributed by atoms with Crippen molar-refractivity contribution in [3.8, 4) is 0 Å². The fourth-order valence-corrected chi connectivity index (χ4v) is 4.50. The molecule has 1 saturated heterocycles. The summed E-state index contributed by atoms with van der Waals surface area (Å²) < 4.78 is 0. The van der Waals surface area contributed by atoms with E-state index in [9.17, 15) is 19.2 Å². The van der Waals surface area contributed by atoms with E-state index in [4.69, 9.17) is 11.6 Å². The molecule has 3 atom stereocenters. The third-order valence-electron chi connectivity index (χ3n) is 6.11. The third-order valence-corrected chi connectivity index (χ3v) is 6.48. The van der Waals surface area contributed by atoms with Crippen LogP contribution in [0.25, 0.3) is 0 Å². The Labute approximate surface area is 200 Å². The van der Waals surface area contributed by atoms with E-state index in [-0.39, 0.29) is 55.0 Å². The van der Waals surface area contributed by atoms with E-state index in [1.807, 2.05) is 45.1 Å². The zero-order valence-electron chi connectivity index (χ0n) is 19.6. The lowest BCUT2D eigenvalue weighted by atomic mass is 9.85. The van der Waals surface area contributed by atoms with Crippen LogP contribution in [0.4, 0.5) is 0 Å². The van der Waals surface area contributed by atoms with Crippen molar-refractivity contribution >= 4 is 35.2 Å². The number of hydrogen-bond acceptors (Lipinski definition) is 4. The number of carbonyl (C=O) groups excluding carboxylic acids is 4. The molecule has 0 unspecified atom stereocenters. The number of imide groups is 1. The molecule has 0 aromatic heterocycles. The molecule has 1 aromatic rings. The Morgan fingerprint density at radius 3 is 2.24 bits per heavy atom. The van der Waals surface area contributed by atoms with Gasteiger partial charge in [-0.3, -0.25) is 24.1 Å². The summed E-state index contributed by atoms with van der Waals surface area (Å²) in [5, 5.41) is 3.41. The summed E-state index contributed by atoms with van der Waals surface area (Å²) in [6.45, 7) is 7.44. The summed E-state index contributed by atoms with van der Waals surface area (Å²) in [4.78, 5) is 54.3. The van der Waals surface area contributed by atoms with Crippen molar-refractivity contribution in [3.05, 3.63) is 47.0 Å². The molecule has 7 nitrogen and oxygen atoms in total. The van der Waals surface area contributed by atoms with Gasteiger partial charge in [-0.05, 0) is 52.2 Å². The summed E-state index contributed by atoms with van der Waals surface area (Å²) in [7, 11) is 0. The first kappa shape index (κ1) is 25.0. The van der Waals surface area contributed by atoms with Gasteiger partial charge >= 0.3 is 0 Å². The summed E-state index contributed by atoms with van der Waals surface area (Å²) in [5.41, 5.74) is 0.261. The molecule has 4 amide bonds. The Bertz CT molecular complexity index is 943. The van der Waals surface area contributed by atoms with Crippen molar-refractivity contribution in [1.82, 2.24) is 15.1 Å². The summed E-state index contributed by atoms with van der Waals surface area (Å²) >= 11 is 6.31. The number of likely N-dealkylation sites (tertiary alicyclic amines) is 1. The molecule has 0 saturated carbocycles. The Hall–Kier alpha value is -2.67. The molecule has 1 fully saturated rings. The number of rotatable bonds is 7. The zero-order valence-corrected chi connectivity index (χ0v) is 20.4. The minimum atomic E-state index is -0.759. The normalized spacial score (nSPS) is 21.1. The van der Waals surface area contributed by atoms with E-state index in [1.54, 1.807) is 19.1 Å². The lowest BCUT2D eigenvalue weighted by Gasteiger charge is -2.32. The van der Waals surface area contributed by atoms with Crippen molar-refractivity contribution in [3.63, 3.8) is 0 Å². The van der Waals surface area contributed by atoms with Gasteiger partial charge in [0.1, 0.15) is 6.04 Å². The maximum absolute atomic E-state index is 13.3. The minimum Gasteiger partial charge on any atom is -0.350 e. The highest BCUT2D eigenvalue weighted by Gasteiger charge is 2.47. The number of benzene rings is 1. The van der Waals surface area contributed by atoms with Crippen molar-refractivity contribution in [2.75, 3.05) is 6.54 Å². The van der Waals surface area contributed by atoms with Crippen LogP contribution in [0, 0.1) is 11.8 Å². The van der Waals surface area contributed by atoms with Gasteiger partial charge in [0.25, 0.3) is 0 Å². The number of halogens is 1. The van der Waals surface area contributed by atoms with E-state index in [0.717, 1.165) is 0 Å². The van der Waals surface area contributed by atoms with Gasteiger partial charge in [0.15, 0.2) is 0 Å². The molecule has 1 aromatic carbocycles. The highest BCUT2D eigenvalue weighted by atomic mass is 35.5. The van der Waals surface area contributed by atoms with Crippen molar-refractivity contribution < 1.29 is 19.2 Å². The molecule has 3 rings (SSSR count). The van der Waals surface area contributed by atoms with Gasteiger partial charge in [-0.15, -0.1) is 0 Å². The first-order chi connectivity index (χ1) is 15.5. The molecule has 0 bridgehead atoms. The van der Waals surface area contributed by atoms with E-state index < -0.39 is 11.6 Å². The second-order valence-corrected chi connectivity index (χ2v) is 10.2. The van der Waals surface area contributed by atoms with Crippen LogP contribution in [0.1, 0.15) is 52.5 Å². The molecule has 33 heavy (non-hydrogen) atoms. The number of nitrogens with zero attached hydrogens (tertiary/aromatic N) is 2. The number of fused-ring (bicyclic) bond motifs is 1. The quantitative estimate of drug-likeness (QED) is 0.486. The van der Waals surface area contributed by atoms with Gasteiger partial charge in [0.2, 0.25) is 23.6 Å². The Morgan fingerprint density at radius 2 is 1.70 bits per heavy atom. The molecular weight excluding hydrogens is 442 g/mol. The van der Waals surface area contributed by atoms with Crippen LogP contribution in [0.3, 0.4) is 0 Å². The molecule has 178 valence electrons. The number of allylic oxidation sites excluding steroid dienone is 2. The predicted molar refractivity (Wildman–Crippen MR) is 126 cm³/mol. The average molecular weight is 474 g/mol. The minimum absolute atomic E-state index is 0.0101. The number of amides is 4. The van der Waals surface area contributed by atoms with Gasteiger partial charge < -0.3 is 10.2 Å². The average Bonchev–Trinajstić information content (AvgIpc) is 3.00. The lowest BCUT2D eigenvalue weighted by molar-refractivity contribution is -0.144. The SMILES string of the molecule is C[C@H](C(=O)NC(C)(C)C)N(Cc1ccccc1Cl)C(=O)CCN1C(=O)[C@H]2CC=CC[C@H]2C1=O. The maximum atomic E-state index is 13.3. The van der Waals surface area contributed by atoms with Crippen LogP contribution in [-0.4, -0.2) is 51.6 Å². The Morgan fingerprint density at radius 1 is 1.12 bits per heavy atom. The van der Waals surface area contributed by atoms with Crippen molar-refractivity contribution in [2.45, 2.75) is 65.1 Å². The van der Waals surface area contributed by atoms with Gasteiger partial charge in [0, 0.05) is 30.1 Å². The second kappa shape index (κ2) is 10.1. The van der Waals surface area contributed by atoms with E-state index in [2.05, 4.69) is 5.32 Å². The number of hydrogen-bond donors (Lipinski definition) is 1. The molecule has 1 N–H and O–H groups in total. The third kappa shape index (κ3) is 5.82. The molecule has 1 aliphatic carbocycles. The van der Waals surface area contributed by atoms with Crippen LogP contribution >= 0.6 is 11.6 Å². The van der Waals surface area contributed by atoms with E-state index in [1.165, 1.54) is 9.80 Å². The first-order valence-corrected chi connectivity index (χ1v) is 11.7. The van der Waals surface area contributed by atoms with Gasteiger partial charge in [-0.1, -0.05) is 42.0 Å². The van der Waals surface area contributed by atoms with Gasteiger partial charge in [-0.2, -0.15) is 0 Å². The molecule has 1 aliphatic heterocycles. The number of nitrogens with one attached hydrogen (secondary N) is 1. The fourth-order valence-electron chi connectivity index (χ4n) is 4.31. The van der Waals surface area contributed by atoms with E-state index in [0.29, 0.717) is 23.4 Å². The molecule has 0 radical (unpaired) electrons. The van der Waals surface area contributed by atoms with Crippen LogP contribution in [0.15, 0.2) is 36.4 Å². The van der Waals surface area contributed by atoms with Gasteiger partial charge in [-0.25, -0.2) is 0 Å². The summed E-state index contributed by atoms with van der Waals surface area (Å²) in [6.07, 6.45) is 4.93. The maximum Gasteiger partial charge on any atom is 0.242 e. The topological polar surface area (TPSA) is 86.8 Å². The van der Waals surface area contributed by atoms with Crippen molar-refractivity contribution in [1.29, 1.82) is 0 Å². The Balaban J connectivity index is 1.74. The second-order valence-electron chi connectivity index (χ2n) is 9.76. The van der Waals surface area contributed by atoms with Crippen LogP contribution in [-0.2, 0) is 25.7 Å². The molecule has 0 spiro atoms. The molecule has 1 heterocycles. The number of carbonyl (C=O) groups is 4. The monoisotopic (exact) mass is 473 g/mol. The molecular formula is C25H32ClN3O4. The van der Waals surface area contributed by atoms with Crippen LogP contribution < -0.4 is 5.32 Å². The Kier molecular flexibility index (Phi) is 7.62. The van der Waals surface area contributed by atoms with Crippen LogP contribution in [0.5, 0.6) is 0 Å². The summed E-state index contributed by atoms with van der Waals surface area (Å²) in [6, 6.07) is 6.40. The zero-order chi connectivity index (χ0) is 24.3. The highest BCUT2D eigenvalue weighted by molar-refractivity contribution is 6.31. The van der Waals surface area contributed by atoms with Gasteiger partial charge in [0.05, 0.1) is 11.8 Å². The highest BCUT2D eigenvalue weighted by Crippen LogP contribution is 2.35. The summed E-state index contributed by atoms with van der Waals surface area (Å²) in [5.74, 6) is -1.67. The predicted octanol–water partition coefficient (Wildman–Crippen LogP) is 3.31. The largest absolute Gasteiger partial charge is 0.350 e. The molecule has 2 aliphatic rings. The van der Waals surface area contributed by atoms with E-state index >= 15 is 0 Å². The van der Waals surface area contributed by atoms with Crippen LogP contribution in [0.2, 0.25) is 5.02 Å². The smallest absolute Gasteiger partial charge is 0.242 e. The standard InChI is InChI=1S/C25H32ClN3O4/c1-16(22(31)27-25(2,3)4)29(15-17-9-5-8-12-20(17)26)21(30)13-14-28-23(32)18-10-6-7-11-19(18)24(28)33/h5-9,12,16,18-19H,10-11,13-15H2,1-4H3,(H,27,31)/t16-,18-,19+/m1/s1. The fraction of sp³-hybridized carbons (Fsp3) is 0.520. The molecule has 8 heteroatoms. The van der Waals surface area contributed by atoms with Crippen molar-refractivity contribution in [2.24, 2.45) is 11.8 Å². The first-order valence-electron chi connectivity index (χ1n) is 11.3.